The molecule has 0 bridgehead atoms. The Labute approximate surface area is 134 Å². The maximum Gasteiger partial charge on any atom is 0.270 e. The van der Waals surface area contributed by atoms with E-state index in [-0.39, 0.29) is 17.9 Å². The molecular weight excluding hydrogens is 358 g/mol. The van der Waals surface area contributed by atoms with Crippen molar-refractivity contribution >= 4 is 21.8 Å². The number of nitrogens with zero attached hydrogens (tertiary/aromatic N) is 1. The summed E-state index contributed by atoms with van der Waals surface area (Å²) < 4.78 is 29.0. The van der Waals surface area contributed by atoms with Crippen molar-refractivity contribution in [1.82, 2.24) is 9.88 Å². The molecule has 1 aromatic rings. The normalized spacial score (nSPS) is 34.8. The summed E-state index contributed by atoms with van der Waals surface area (Å²) in [6, 6.07) is 1.63. The summed E-state index contributed by atoms with van der Waals surface area (Å²) in [5, 5.41) is 2.89. The molecule has 1 N–H and O–H groups in total. The Balaban J connectivity index is 1.79. The van der Waals surface area contributed by atoms with Crippen molar-refractivity contribution < 1.29 is 13.6 Å². The van der Waals surface area contributed by atoms with Gasteiger partial charge in [-0.25, -0.2) is 8.78 Å². The number of fused-ring (bicyclic) bond motifs is 2. The maximum absolute atomic E-state index is 13.6. The summed E-state index contributed by atoms with van der Waals surface area (Å²) >= 11 is 3.23. The summed E-state index contributed by atoms with van der Waals surface area (Å²) in [5.41, 5.74) is -0.972. The number of halogens is 3. The van der Waals surface area contributed by atoms with Gasteiger partial charge in [0.15, 0.2) is 0 Å². The molecule has 1 amide bonds. The number of carbonyl (C=O) groups is 1. The molecule has 4 rings (SSSR count). The Hall–Kier alpha value is -1.24. The van der Waals surface area contributed by atoms with E-state index in [4.69, 9.17) is 0 Å². The number of aromatic nitrogens is 1. The minimum atomic E-state index is -2.59. The molecule has 1 aliphatic heterocycles. The number of carbonyl (C=O) groups excluding carboxylic acids is 1. The zero-order valence-electron chi connectivity index (χ0n) is 12.0. The number of rotatable bonds is 0. The van der Waals surface area contributed by atoms with Crippen LogP contribution >= 0.6 is 15.9 Å². The van der Waals surface area contributed by atoms with Gasteiger partial charge < -0.3 is 5.32 Å². The second-order valence-corrected chi connectivity index (χ2v) is 7.67. The van der Waals surface area contributed by atoms with Crippen molar-refractivity contribution in [2.75, 3.05) is 0 Å². The molecule has 2 spiro atoms. The zero-order valence-corrected chi connectivity index (χ0v) is 13.6. The van der Waals surface area contributed by atoms with Gasteiger partial charge in [0, 0.05) is 11.8 Å². The number of aryl methyl sites for hydroxylation is 1. The Morgan fingerprint density at radius 1 is 1.23 bits per heavy atom. The van der Waals surface area contributed by atoms with Gasteiger partial charge in [0.1, 0.15) is 11.4 Å². The molecule has 2 saturated carbocycles. The third-order valence-corrected chi connectivity index (χ3v) is 6.15. The fourth-order valence-electron chi connectivity index (χ4n) is 4.13. The number of hydrogen-bond acceptors (Lipinski definition) is 2. The topological polar surface area (TPSA) is 51.1 Å². The third kappa shape index (κ3) is 1.60. The van der Waals surface area contributed by atoms with Gasteiger partial charge in [0.2, 0.25) is 0 Å². The average molecular weight is 373 g/mol. The first-order valence-electron chi connectivity index (χ1n) is 7.34. The highest BCUT2D eigenvalue weighted by Crippen LogP contribution is 2.68. The van der Waals surface area contributed by atoms with Crippen LogP contribution in [0.5, 0.6) is 0 Å². The third-order valence-electron chi connectivity index (χ3n) is 5.58. The van der Waals surface area contributed by atoms with Crippen LogP contribution in [-0.2, 0) is 5.66 Å². The number of hydrogen-bond donors (Lipinski definition) is 1. The highest BCUT2D eigenvalue weighted by atomic mass is 79.9. The molecule has 2 aliphatic carbocycles. The van der Waals surface area contributed by atoms with Crippen molar-refractivity contribution in [3.8, 4) is 0 Å². The van der Waals surface area contributed by atoms with Crippen LogP contribution in [0.2, 0.25) is 0 Å². The summed E-state index contributed by atoms with van der Waals surface area (Å²) in [4.78, 5) is 24.8. The van der Waals surface area contributed by atoms with E-state index in [1.54, 1.807) is 13.0 Å². The Morgan fingerprint density at radius 2 is 1.82 bits per heavy atom. The molecule has 0 saturated heterocycles. The van der Waals surface area contributed by atoms with Gasteiger partial charge in [-0.3, -0.25) is 14.2 Å². The quantitative estimate of drug-likeness (QED) is 0.761. The highest BCUT2D eigenvalue weighted by Gasteiger charge is 2.72. The fraction of sp³-hybridized carbons (Fsp3) is 0.600. The minimum absolute atomic E-state index is 0.0662. The number of nitrogens with one attached hydrogen (secondary N) is 1. The van der Waals surface area contributed by atoms with E-state index >= 15 is 0 Å². The zero-order chi connectivity index (χ0) is 15.9. The summed E-state index contributed by atoms with van der Waals surface area (Å²) in [7, 11) is 0. The summed E-state index contributed by atoms with van der Waals surface area (Å²) in [5.74, 6) is -2.88. The SMILES string of the molecule is Cc1cc(Br)c(=O)n2c1C(=O)NC21CCC2(CC1)CC2(F)F. The molecule has 2 fully saturated rings. The molecule has 1 aromatic heterocycles. The van der Waals surface area contributed by atoms with Gasteiger partial charge in [-0.1, -0.05) is 0 Å². The van der Waals surface area contributed by atoms with Crippen molar-refractivity contribution in [2.45, 2.75) is 50.6 Å². The smallest absolute Gasteiger partial charge is 0.270 e. The van der Waals surface area contributed by atoms with Crippen LogP contribution in [0.25, 0.3) is 0 Å². The number of amides is 1. The minimum Gasteiger partial charge on any atom is -0.327 e. The monoisotopic (exact) mass is 372 g/mol. The van der Waals surface area contributed by atoms with E-state index in [1.165, 1.54) is 4.57 Å². The molecule has 4 nitrogen and oxygen atoms in total. The standard InChI is InChI=1S/C15H15BrF2N2O2/c1-8-6-9(16)12(22)20-10(8)11(21)19-14(20)4-2-13(3-5-14)7-15(13,17)18/h6H,2-5,7H2,1H3,(H,19,21). The maximum atomic E-state index is 13.6. The first-order chi connectivity index (χ1) is 10.2. The van der Waals surface area contributed by atoms with Gasteiger partial charge in [-0.15, -0.1) is 0 Å². The van der Waals surface area contributed by atoms with Crippen molar-refractivity contribution in [1.29, 1.82) is 0 Å². The second-order valence-electron chi connectivity index (χ2n) is 6.81. The first-order valence-corrected chi connectivity index (χ1v) is 8.14. The van der Waals surface area contributed by atoms with Gasteiger partial charge in [-0.2, -0.15) is 0 Å². The van der Waals surface area contributed by atoms with Crippen molar-refractivity contribution in [2.24, 2.45) is 5.41 Å². The molecule has 118 valence electrons. The van der Waals surface area contributed by atoms with Gasteiger partial charge in [-0.05, 0) is 60.2 Å². The van der Waals surface area contributed by atoms with Crippen molar-refractivity contribution in [3.05, 3.63) is 32.2 Å². The van der Waals surface area contributed by atoms with Crippen LogP contribution in [0.1, 0.15) is 48.2 Å². The van der Waals surface area contributed by atoms with E-state index in [0.29, 0.717) is 41.4 Å². The fourth-order valence-corrected chi connectivity index (χ4v) is 4.66. The van der Waals surface area contributed by atoms with E-state index in [1.807, 2.05) is 0 Å². The van der Waals surface area contributed by atoms with Crippen LogP contribution in [0.15, 0.2) is 15.3 Å². The van der Waals surface area contributed by atoms with Crippen LogP contribution in [0.3, 0.4) is 0 Å². The van der Waals surface area contributed by atoms with Crippen LogP contribution in [-0.4, -0.2) is 16.4 Å². The second kappa shape index (κ2) is 3.99. The first kappa shape index (κ1) is 14.4. The Kier molecular flexibility index (Phi) is 2.60. The Bertz CT molecular complexity index is 764. The van der Waals surface area contributed by atoms with Gasteiger partial charge in [0.25, 0.3) is 17.4 Å². The van der Waals surface area contributed by atoms with E-state index in [0.717, 1.165) is 0 Å². The molecule has 22 heavy (non-hydrogen) atoms. The van der Waals surface area contributed by atoms with Crippen LogP contribution in [0, 0.1) is 12.3 Å². The molecule has 7 heteroatoms. The van der Waals surface area contributed by atoms with E-state index in [2.05, 4.69) is 21.2 Å². The van der Waals surface area contributed by atoms with Gasteiger partial charge in [0.05, 0.1) is 4.47 Å². The number of alkyl halides is 2. The summed E-state index contributed by atoms with van der Waals surface area (Å²) in [6.45, 7) is 1.77. The van der Waals surface area contributed by atoms with Crippen LogP contribution < -0.4 is 10.9 Å². The molecule has 2 heterocycles. The largest absolute Gasteiger partial charge is 0.327 e. The van der Waals surface area contributed by atoms with Gasteiger partial charge >= 0.3 is 0 Å². The lowest BCUT2D eigenvalue weighted by molar-refractivity contribution is 0.0198. The summed E-state index contributed by atoms with van der Waals surface area (Å²) in [6.07, 6.45) is 1.34. The molecule has 0 aromatic carbocycles. The lowest BCUT2D eigenvalue weighted by atomic mass is 9.79. The average Bonchev–Trinajstić information content (AvgIpc) is 2.83. The van der Waals surface area contributed by atoms with E-state index in [9.17, 15) is 18.4 Å². The molecule has 3 aliphatic rings. The van der Waals surface area contributed by atoms with Crippen LogP contribution in [0.4, 0.5) is 8.78 Å². The van der Waals surface area contributed by atoms with E-state index < -0.39 is 17.0 Å². The predicted octanol–water partition coefficient (Wildman–Crippen LogP) is 2.91. The predicted molar refractivity (Wildman–Crippen MR) is 79.0 cm³/mol. The van der Waals surface area contributed by atoms with Crippen molar-refractivity contribution in [3.63, 3.8) is 0 Å². The molecular formula is C15H15BrF2N2O2. The molecule has 0 unspecified atom stereocenters. The molecule has 0 atom stereocenters. The number of pyridine rings is 1. The molecule has 0 radical (unpaired) electrons. The lowest BCUT2D eigenvalue weighted by Crippen LogP contribution is -2.50. The highest BCUT2D eigenvalue weighted by molar-refractivity contribution is 9.10. The lowest BCUT2D eigenvalue weighted by Gasteiger charge is -2.38. The Morgan fingerprint density at radius 3 is 2.36 bits per heavy atom.